The van der Waals surface area contributed by atoms with Crippen molar-refractivity contribution in [3.63, 3.8) is 0 Å². The molecule has 3 heteroatoms. The average molecular weight is 495 g/mol. The van der Waals surface area contributed by atoms with Crippen LogP contribution in [-0.4, -0.2) is 11.1 Å². The summed E-state index contributed by atoms with van der Waals surface area (Å²) < 4.78 is 6.39. The molecule has 1 N–H and O–H groups in total. The number of carbonyl (C=O) groups excluding carboxylic acids is 1. The summed E-state index contributed by atoms with van der Waals surface area (Å²) in [7, 11) is 0. The zero-order valence-electron chi connectivity index (χ0n) is 19.8. The highest BCUT2D eigenvalue weighted by atomic mass is 16.6. The number of phenols is 1. The lowest BCUT2D eigenvalue weighted by Crippen LogP contribution is -2.41. The molecule has 0 amide bonds. The summed E-state index contributed by atoms with van der Waals surface area (Å²) in [5.41, 5.74) is 1.13. The summed E-state index contributed by atoms with van der Waals surface area (Å²) >= 11 is 0. The third kappa shape index (κ3) is 7.46. The molecule has 0 saturated heterocycles. The molecule has 0 aliphatic rings. The van der Waals surface area contributed by atoms with Crippen molar-refractivity contribution in [2.45, 2.75) is 88.2 Å². The molecule has 3 nitrogen and oxygen atoms in total. The first-order valence-corrected chi connectivity index (χ1v) is 11.2. The molecule has 3 aromatic carbocycles. The van der Waals surface area contributed by atoms with Gasteiger partial charge in [0.1, 0.15) is 5.75 Å². The van der Waals surface area contributed by atoms with Crippen molar-refractivity contribution < 1.29 is 14.6 Å². The van der Waals surface area contributed by atoms with Gasteiger partial charge in [0.25, 0.3) is 0 Å². The number of hydrogen-bond donors (Lipinski definition) is 1. The fourth-order valence-corrected chi connectivity index (χ4v) is 4.44. The van der Waals surface area contributed by atoms with E-state index in [0.717, 1.165) is 16.7 Å². The van der Waals surface area contributed by atoms with Gasteiger partial charge in [0, 0.05) is 0 Å². The van der Waals surface area contributed by atoms with Gasteiger partial charge in [0.15, 0.2) is 5.60 Å². The SMILES string of the molecule is C.C.C.C.CCC(C)(CC(C)(C)c1ccc(O)cc1)C(=O)OC(C)(c1ccccc1)c1ccccc1. The molecule has 0 aliphatic carbocycles. The van der Waals surface area contributed by atoms with Gasteiger partial charge in [-0.3, -0.25) is 4.79 Å². The van der Waals surface area contributed by atoms with Gasteiger partial charge in [-0.15, -0.1) is 0 Å². The largest absolute Gasteiger partial charge is 0.508 e. The zero-order valence-corrected chi connectivity index (χ0v) is 19.8. The maximum absolute atomic E-state index is 13.8. The third-order valence-electron chi connectivity index (χ3n) is 6.70. The maximum atomic E-state index is 13.8. The molecule has 36 heavy (non-hydrogen) atoms. The first kappa shape index (κ1) is 35.1. The van der Waals surface area contributed by atoms with Gasteiger partial charge in [-0.1, -0.05) is 123 Å². The van der Waals surface area contributed by atoms with E-state index in [-0.39, 0.29) is 46.8 Å². The molecule has 1 atom stereocenters. The average Bonchev–Trinajstić information content (AvgIpc) is 2.80. The summed E-state index contributed by atoms with van der Waals surface area (Å²) in [6.45, 7) is 10.3. The Morgan fingerprint density at radius 3 is 1.50 bits per heavy atom. The summed E-state index contributed by atoms with van der Waals surface area (Å²) in [6.07, 6.45) is 1.28. The highest BCUT2D eigenvalue weighted by Crippen LogP contribution is 2.43. The minimum absolute atomic E-state index is 0. The van der Waals surface area contributed by atoms with Crippen molar-refractivity contribution in [2.75, 3.05) is 0 Å². The Morgan fingerprint density at radius 2 is 1.11 bits per heavy atom. The summed E-state index contributed by atoms with van der Waals surface area (Å²) in [5.74, 6) is 0.0331. The van der Waals surface area contributed by atoms with Crippen molar-refractivity contribution in [3.8, 4) is 5.75 Å². The number of carbonyl (C=O) groups is 1. The van der Waals surface area contributed by atoms with Crippen LogP contribution in [0.4, 0.5) is 0 Å². The van der Waals surface area contributed by atoms with Crippen LogP contribution >= 0.6 is 0 Å². The molecule has 0 spiro atoms. The Labute approximate surface area is 221 Å². The standard InChI is InChI=1S/C29H34O3.4CH4/c1-6-28(4,21-27(2,3)22-17-19-25(30)20-18-22)26(31)32-29(5,23-13-9-7-10-14-23)24-15-11-8-12-16-24;;;;/h7-20,30H,6,21H2,1-5H3;4*1H4. The molecule has 3 rings (SSSR count). The molecule has 0 aromatic heterocycles. The molecular weight excluding hydrogens is 444 g/mol. The van der Waals surface area contributed by atoms with Crippen LogP contribution in [0.25, 0.3) is 0 Å². The fraction of sp³-hybridized carbons (Fsp3) is 0.424. The second-order valence-corrected chi connectivity index (χ2v) is 9.68. The van der Waals surface area contributed by atoms with Gasteiger partial charge < -0.3 is 9.84 Å². The van der Waals surface area contributed by atoms with Crippen molar-refractivity contribution in [3.05, 3.63) is 102 Å². The lowest BCUT2D eigenvalue weighted by molar-refractivity contribution is -0.168. The van der Waals surface area contributed by atoms with Gasteiger partial charge in [-0.2, -0.15) is 0 Å². The molecule has 0 aliphatic heterocycles. The maximum Gasteiger partial charge on any atom is 0.313 e. The highest BCUT2D eigenvalue weighted by molar-refractivity contribution is 5.77. The first-order valence-electron chi connectivity index (χ1n) is 11.2. The van der Waals surface area contributed by atoms with Gasteiger partial charge >= 0.3 is 5.97 Å². The minimum atomic E-state index is -0.890. The van der Waals surface area contributed by atoms with E-state index in [9.17, 15) is 9.90 Å². The number of hydrogen-bond acceptors (Lipinski definition) is 3. The predicted octanol–water partition coefficient (Wildman–Crippen LogP) is 9.53. The molecule has 1 unspecified atom stereocenters. The third-order valence-corrected chi connectivity index (χ3v) is 6.70. The molecule has 3 aromatic rings. The normalized spacial score (nSPS) is 12.4. The highest BCUT2D eigenvalue weighted by Gasteiger charge is 2.43. The van der Waals surface area contributed by atoms with Crippen LogP contribution in [0.2, 0.25) is 0 Å². The van der Waals surface area contributed by atoms with E-state index in [1.165, 1.54) is 0 Å². The van der Waals surface area contributed by atoms with Gasteiger partial charge in [0.05, 0.1) is 5.41 Å². The van der Waals surface area contributed by atoms with Crippen LogP contribution < -0.4 is 0 Å². The molecule has 0 fully saturated rings. The Bertz CT molecular complexity index is 984. The van der Waals surface area contributed by atoms with Crippen LogP contribution in [0.15, 0.2) is 84.9 Å². The summed E-state index contributed by atoms with van der Waals surface area (Å²) in [5, 5.41) is 9.66. The van der Waals surface area contributed by atoms with Crippen molar-refractivity contribution >= 4 is 5.97 Å². The van der Waals surface area contributed by atoms with Crippen LogP contribution in [0.3, 0.4) is 0 Å². The Balaban J connectivity index is 0. The monoisotopic (exact) mass is 494 g/mol. The van der Waals surface area contributed by atoms with Crippen LogP contribution in [0, 0.1) is 5.41 Å². The zero-order chi connectivity index (χ0) is 23.4. The lowest BCUT2D eigenvalue weighted by Gasteiger charge is -2.39. The van der Waals surface area contributed by atoms with Crippen LogP contribution in [0.5, 0.6) is 5.75 Å². The molecule has 0 bridgehead atoms. The second-order valence-electron chi connectivity index (χ2n) is 9.68. The van der Waals surface area contributed by atoms with E-state index in [1.54, 1.807) is 12.1 Å². The van der Waals surface area contributed by atoms with Crippen molar-refractivity contribution in [1.82, 2.24) is 0 Å². The van der Waals surface area contributed by atoms with E-state index >= 15 is 0 Å². The van der Waals surface area contributed by atoms with E-state index in [2.05, 4.69) is 13.8 Å². The number of esters is 1. The number of phenolic OH excluding ortho intramolecular Hbond substituents is 1. The first-order chi connectivity index (χ1) is 15.1. The Kier molecular flexibility index (Phi) is 13.5. The van der Waals surface area contributed by atoms with E-state index < -0.39 is 11.0 Å². The molecule has 0 saturated carbocycles. The van der Waals surface area contributed by atoms with Crippen molar-refractivity contribution in [1.29, 1.82) is 0 Å². The second kappa shape index (κ2) is 13.9. The Morgan fingerprint density at radius 1 is 0.694 bits per heavy atom. The molecular formula is C33H50O3. The molecule has 0 heterocycles. The lowest BCUT2D eigenvalue weighted by atomic mass is 9.69. The number of rotatable bonds is 8. The number of aromatic hydroxyl groups is 1. The molecule has 0 radical (unpaired) electrons. The minimum Gasteiger partial charge on any atom is -0.508 e. The molecule has 200 valence electrons. The summed E-state index contributed by atoms with van der Waals surface area (Å²) in [6, 6.07) is 27.1. The fourth-order valence-electron chi connectivity index (χ4n) is 4.44. The number of benzene rings is 3. The topological polar surface area (TPSA) is 46.5 Å². The van der Waals surface area contributed by atoms with Crippen LogP contribution in [0.1, 0.15) is 93.9 Å². The van der Waals surface area contributed by atoms with E-state index in [0.29, 0.717) is 12.8 Å². The summed E-state index contributed by atoms with van der Waals surface area (Å²) in [4.78, 5) is 13.8. The van der Waals surface area contributed by atoms with Gasteiger partial charge in [0.2, 0.25) is 0 Å². The quantitative estimate of drug-likeness (QED) is 0.317. The number of ether oxygens (including phenoxy) is 1. The van der Waals surface area contributed by atoms with Gasteiger partial charge in [-0.05, 0) is 60.9 Å². The van der Waals surface area contributed by atoms with Crippen molar-refractivity contribution in [2.24, 2.45) is 5.41 Å². The van der Waals surface area contributed by atoms with Crippen LogP contribution in [-0.2, 0) is 20.5 Å². The van der Waals surface area contributed by atoms with E-state index in [4.69, 9.17) is 4.74 Å². The van der Waals surface area contributed by atoms with Gasteiger partial charge in [-0.25, -0.2) is 0 Å². The predicted molar refractivity (Wildman–Crippen MR) is 157 cm³/mol. The van der Waals surface area contributed by atoms with E-state index in [1.807, 2.05) is 93.6 Å². The Hall–Kier alpha value is -3.07. The smallest absolute Gasteiger partial charge is 0.313 e.